The van der Waals surface area contributed by atoms with E-state index in [1.54, 1.807) is 11.1 Å². The van der Waals surface area contributed by atoms with Gasteiger partial charge in [0.25, 0.3) is 0 Å². The maximum Gasteiger partial charge on any atom is 0.0328 e. The summed E-state index contributed by atoms with van der Waals surface area (Å²) < 4.78 is 0. The minimum Gasteiger partial charge on any atom is -0.307 e. The van der Waals surface area contributed by atoms with Crippen molar-refractivity contribution in [3.8, 4) is 0 Å². The van der Waals surface area contributed by atoms with Crippen LogP contribution in [0.2, 0.25) is 0 Å². The molecule has 0 aliphatic heterocycles. The third kappa shape index (κ3) is 1.91. The summed E-state index contributed by atoms with van der Waals surface area (Å²) in [6.07, 6.45) is 8.49. The van der Waals surface area contributed by atoms with Gasteiger partial charge in [0, 0.05) is 12.1 Å². The van der Waals surface area contributed by atoms with Crippen LogP contribution in [0.25, 0.3) is 0 Å². The number of benzene rings is 1. The van der Waals surface area contributed by atoms with Crippen molar-refractivity contribution in [1.29, 1.82) is 0 Å². The van der Waals surface area contributed by atoms with Crippen molar-refractivity contribution >= 4 is 0 Å². The quantitative estimate of drug-likeness (QED) is 0.830. The molecular formula is C16H21N. The Hall–Kier alpha value is -0.820. The fraction of sp³-hybridized carbons (Fsp3) is 0.625. The zero-order valence-electron chi connectivity index (χ0n) is 10.4. The van der Waals surface area contributed by atoms with Crippen LogP contribution in [-0.4, -0.2) is 6.04 Å². The van der Waals surface area contributed by atoms with Gasteiger partial charge in [0.2, 0.25) is 0 Å². The number of hydrogen-bond donors (Lipinski definition) is 1. The van der Waals surface area contributed by atoms with Crippen LogP contribution < -0.4 is 5.32 Å². The highest BCUT2D eigenvalue weighted by atomic mass is 15.0. The summed E-state index contributed by atoms with van der Waals surface area (Å²) >= 11 is 0. The zero-order valence-corrected chi connectivity index (χ0v) is 10.4. The second kappa shape index (κ2) is 3.84. The first-order valence-electron chi connectivity index (χ1n) is 7.25. The minimum atomic E-state index is 0.650. The maximum absolute atomic E-state index is 4.00. The van der Waals surface area contributed by atoms with E-state index in [0.717, 1.165) is 17.9 Å². The Morgan fingerprint density at radius 1 is 0.941 bits per heavy atom. The molecule has 17 heavy (non-hydrogen) atoms. The van der Waals surface area contributed by atoms with Crippen molar-refractivity contribution in [1.82, 2.24) is 5.32 Å². The Bertz CT molecular complexity index is 405. The summed E-state index contributed by atoms with van der Waals surface area (Å²) in [4.78, 5) is 0. The summed E-state index contributed by atoms with van der Waals surface area (Å²) in [5, 5.41) is 4.00. The van der Waals surface area contributed by atoms with Crippen LogP contribution in [0.15, 0.2) is 24.3 Å². The lowest BCUT2D eigenvalue weighted by molar-refractivity contribution is 0.364. The van der Waals surface area contributed by atoms with Crippen molar-refractivity contribution in [3.05, 3.63) is 35.4 Å². The Morgan fingerprint density at radius 3 is 2.35 bits per heavy atom. The molecule has 1 nitrogen and oxygen atoms in total. The molecule has 0 spiro atoms. The monoisotopic (exact) mass is 227 g/mol. The van der Waals surface area contributed by atoms with Crippen molar-refractivity contribution in [3.63, 3.8) is 0 Å². The van der Waals surface area contributed by atoms with E-state index in [4.69, 9.17) is 0 Å². The number of rotatable bonds is 4. The average Bonchev–Trinajstić information content (AvgIpc) is 3.25. The Balaban J connectivity index is 1.52. The van der Waals surface area contributed by atoms with Crippen LogP contribution in [0.5, 0.6) is 0 Å². The van der Waals surface area contributed by atoms with Gasteiger partial charge in [-0.25, -0.2) is 0 Å². The highest BCUT2D eigenvalue weighted by Gasteiger charge is 2.42. The highest BCUT2D eigenvalue weighted by molar-refractivity contribution is 5.34. The molecule has 3 aliphatic carbocycles. The molecular weight excluding hydrogens is 206 g/mol. The molecule has 4 rings (SSSR count). The van der Waals surface area contributed by atoms with Gasteiger partial charge in [-0.1, -0.05) is 24.3 Å². The van der Waals surface area contributed by atoms with Crippen molar-refractivity contribution in [2.45, 2.75) is 50.6 Å². The lowest BCUT2D eigenvalue weighted by Gasteiger charge is -2.23. The first-order chi connectivity index (χ1) is 8.42. The molecule has 2 fully saturated rings. The van der Waals surface area contributed by atoms with Crippen LogP contribution in [0.1, 0.15) is 49.3 Å². The average molecular weight is 227 g/mol. The van der Waals surface area contributed by atoms with Crippen LogP contribution in [0.3, 0.4) is 0 Å². The molecule has 0 bridgehead atoms. The van der Waals surface area contributed by atoms with Crippen molar-refractivity contribution in [2.24, 2.45) is 11.8 Å². The largest absolute Gasteiger partial charge is 0.307 e. The van der Waals surface area contributed by atoms with Gasteiger partial charge in [-0.05, 0) is 61.5 Å². The third-order valence-electron chi connectivity index (χ3n) is 4.79. The molecule has 2 saturated carbocycles. The molecule has 0 saturated heterocycles. The third-order valence-corrected chi connectivity index (χ3v) is 4.79. The second-order valence-electron chi connectivity index (χ2n) is 6.16. The first-order valence-corrected chi connectivity index (χ1v) is 7.25. The summed E-state index contributed by atoms with van der Waals surface area (Å²) in [6.45, 7) is 0. The fourth-order valence-electron chi connectivity index (χ4n) is 3.53. The predicted molar refractivity (Wildman–Crippen MR) is 69.9 cm³/mol. The van der Waals surface area contributed by atoms with E-state index < -0.39 is 0 Å². The van der Waals surface area contributed by atoms with Crippen LogP contribution >= 0.6 is 0 Å². The first kappa shape index (κ1) is 10.1. The SMILES string of the molecule is c1ccc2c(c1)CCC2NC(C1CC1)C1CC1. The van der Waals surface area contributed by atoms with Crippen molar-refractivity contribution in [2.75, 3.05) is 0 Å². The summed E-state index contributed by atoms with van der Waals surface area (Å²) in [6, 6.07) is 10.5. The number of hydrogen-bond acceptors (Lipinski definition) is 1. The van der Waals surface area contributed by atoms with E-state index >= 15 is 0 Å². The van der Waals surface area contributed by atoms with E-state index in [1.807, 2.05) is 0 Å². The zero-order chi connectivity index (χ0) is 11.2. The van der Waals surface area contributed by atoms with Gasteiger partial charge >= 0.3 is 0 Å². The molecule has 3 aliphatic rings. The van der Waals surface area contributed by atoms with Gasteiger partial charge in [-0.15, -0.1) is 0 Å². The van der Waals surface area contributed by atoms with Gasteiger partial charge in [-0.2, -0.15) is 0 Å². The van der Waals surface area contributed by atoms with Gasteiger partial charge in [0.1, 0.15) is 0 Å². The molecule has 1 N–H and O–H groups in total. The van der Waals surface area contributed by atoms with Crippen LogP contribution in [-0.2, 0) is 6.42 Å². The molecule has 1 unspecified atom stereocenters. The van der Waals surface area contributed by atoms with Gasteiger partial charge in [0.15, 0.2) is 0 Å². The molecule has 0 radical (unpaired) electrons. The molecule has 0 aromatic heterocycles. The van der Waals surface area contributed by atoms with Crippen LogP contribution in [0.4, 0.5) is 0 Å². The topological polar surface area (TPSA) is 12.0 Å². The normalized spacial score (nSPS) is 27.5. The van der Waals surface area contributed by atoms with E-state index in [2.05, 4.69) is 29.6 Å². The van der Waals surface area contributed by atoms with E-state index in [-0.39, 0.29) is 0 Å². The Labute approximate surface area is 104 Å². The lowest BCUT2D eigenvalue weighted by atomic mass is 10.0. The highest BCUT2D eigenvalue weighted by Crippen LogP contribution is 2.46. The standard InChI is InChI=1S/C16H21N/c1-2-4-14-11(3-1)9-10-15(14)17-16(12-5-6-12)13-7-8-13/h1-4,12-13,15-17H,5-10H2. The van der Waals surface area contributed by atoms with Gasteiger partial charge < -0.3 is 5.32 Å². The molecule has 1 heteroatoms. The summed E-state index contributed by atoms with van der Waals surface area (Å²) in [7, 11) is 0. The van der Waals surface area contributed by atoms with E-state index in [9.17, 15) is 0 Å². The summed E-state index contributed by atoms with van der Waals surface area (Å²) in [5.41, 5.74) is 3.16. The molecule has 1 aromatic carbocycles. The van der Waals surface area contributed by atoms with E-state index in [0.29, 0.717) is 6.04 Å². The van der Waals surface area contributed by atoms with Crippen molar-refractivity contribution < 1.29 is 0 Å². The molecule has 90 valence electrons. The second-order valence-corrected chi connectivity index (χ2v) is 6.16. The number of fused-ring (bicyclic) bond motifs is 1. The minimum absolute atomic E-state index is 0.650. The summed E-state index contributed by atoms with van der Waals surface area (Å²) in [5.74, 6) is 2.02. The molecule has 1 atom stereocenters. The number of nitrogens with one attached hydrogen (secondary N) is 1. The lowest BCUT2D eigenvalue weighted by Crippen LogP contribution is -2.35. The smallest absolute Gasteiger partial charge is 0.0328 e. The van der Waals surface area contributed by atoms with E-state index in [1.165, 1.54) is 38.5 Å². The van der Waals surface area contributed by atoms with Gasteiger partial charge in [-0.3, -0.25) is 0 Å². The molecule has 0 heterocycles. The molecule has 1 aromatic rings. The predicted octanol–water partition coefficient (Wildman–Crippen LogP) is 3.45. The fourth-order valence-corrected chi connectivity index (χ4v) is 3.53. The Kier molecular flexibility index (Phi) is 2.29. The maximum atomic E-state index is 4.00. The van der Waals surface area contributed by atoms with Gasteiger partial charge in [0.05, 0.1) is 0 Å². The molecule has 0 amide bonds. The number of aryl methyl sites for hydroxylation is 1. The van der Waals surface area contributed by atoms with Crippen LogP contribution in [0, 0.1) is 11.8 Å². The Morgan fingerprint density at radius 2 is 1.65 bits per heavy atom.